The third-order valence-electron chi connectivity index (χ3n) is 8.15. The van der Waals surface area contributed by atoms with E-state index in [4.69, 9.17) is 14.2 Å². The summed E-state index contributed by atoms with van der Waals surface area (Å²) in [4.78, 5) is 28.4. The minimum atomic E-state index is -0.948. The third-order valence-corrected chi connectivity index (χ3v) is 8.15. The smallest absolute Gasteiger partial charge is 0.309 e. The lowest BCUT2D eigenvalue weighted by Gasteiger charge is -2.27. The van der Waals surface area contributed by atoms with Crippen molar-refractivity contribution in [3.63, 3.8) is 0 Å². The highest BCUT2D eigenvalue weighted by molar-refractivity contribution is 5.94. The van der Waals surface area contributed by atoms with Crippen molar-refractivity contribution in [3.8, 4) is 17.2 Å². The summed E-state index contributed by atoms with van der Waals surface area (Å²) in [7, 11) is 0. The number of aliphatic carboxylic acids is 1. The van der Waals surface area contributed by atoms with Gasteiger partial charge in [0.2, 0.25) is 12.7 Å². The molecule has 9 heteroatoms. The van der Waals surface area contributed by atoms with Crippen LogP contribution in [0.15, 0.2) is 54.6 Å². The zero-order valence-electron chi connectivity index (χ0n) is 25.1. The number of amides is 1. The zero-order valence-corrected chi connectivity index (χ0v) is 25.1. The van der Waals surface area contributed by atoms with E-state index in [0.717, 1.165) is 22.3 Å². The Morgan fingerprint density at radius 2 is 1.65 bits per heavy atom. The van der Waals surface area contributed by atoms with E-state index >= 15 is 0 Å². The van der Waals surface area contributed by atoms with Crippen LogP contribution in [0.1, 0.15) is 61.9 Å². The van der Waals surface area contributed by atoms with Crippen LogP contribution in [0.2, 0.25) is 0 Å². The maximum atomic E-state index is 14.2. The average molecular weight is 591 g/mol. The van der Waals surface area contributed by atoms with Crippen LogP contribution in [0.25, 0.3) is 0 Å². The van der Waals surface area contributed by atoms with Gasteiger partial charge in [0.15, 0.2) is 11.5 Å². The largest absolute Gasteiger partial charge is 0.493 e. The van der Waals surface area contributed by atoms with E-state index in [1.807, 2.05) is 55.1 Å². The van der Waals surface area contributed by atoms with Gasteiger partial charge in [-0.05, 0) is 77.4 Å². The summed E-state index contributed by atoms with van der Waals surface area (Å²) in [5, 5.41) is 13.6. The second-order valence-electron chi connectivity index (χ2n) is 11.6. The van der Waals surface area contributed by atoms with Gasteiger partial charge in [0.05, 0.1) is 19.1 Å². The number of hydrogen-bond donors (Lipinski definition) is 2. The van der Waals surface area contributed by atoms with Crippen LogP contribution in [-0.2, 0) is 22.4 Å². The number of carboxylic acid groups (broad SMARTS) is 1. The molecule has 228 valence electrons. The Hall–Kier alpha value is -4.11. The minimum Gasteiger partial charge on any atom is -0.493 e. The Labute approximate surface area is 251 Å². The summed E-state index contributed by atoms with van der Waals surface area (Å²) in [5.74, 6) is -0.539. The highest BCUT2D eigenvalue weighted by Crippen LogP contribution is 2.47. The van der Waals surface area contributed by atoms with E-state index in [1.54, 1.807) is 6.07 Å². The molecule has 1 amide bonds. The van der Waals surface area contributed by atoms with Crippen molar-refractivity contribution >= 4 is 17.6 Å². The van der Waals surface area contributed by atoms with E-state index < -0.39 is 23.8 Å². The summed E-state index contributed by atoms with van der Waals surface area (Å²) in [5.41, 5.74) is 3.66. The van der Waals surface area contributed by atoms with Crippen LogP contribution in [0.5, 0.6) is 17.2 Å². The first-order valence-corrected chi connectivity index (χ1v) is 14.9. The lowest BCUT2D eigenvalue weighted by molar-refractivity contribution is -0.143. The number of rotatable bonds is 11. The van der Waals surface area contributed by atoms with Gasteiger partial charge in [-0.1, -0.05) is 45.9 Å². The molecule has 0 saturated carbocycles. The molecular formula is C34H39FN2O6. The number of ether oxygens (including phenoxy) is 3. The van der Waals surface area contributed by atoms with Crippen molar-refractivity contribution < 1.29 is 33.3 Å². The zero-order chi connectivity index (χ0) is 30.7. The van der Waals surface area contributed by atoms with Crippen LogP contribution in [-0.4, -0.2) is 48.4 Å². The van der Waals surface area contributed by atoms with Gasteiger partial charge in [-0.2, -0.15) is 0 Å². The number of nitrogens with zero attached hydrogens (tertiary/aromatic N) is 1. The summed E-state index contributed by atoms with van der Waals surface area (Å²) in [6, 6.07) is 15.3. The number of nitrogens with one attached hydrogen (secondary N) is 1. The second kappa shape index (κ2) is 13.0. The lowest BCUT2D eigenvalue weighted by atomic mass is 9.82. The Bertz CT molecular complexity index is 1450. The fourth-order valence-corrected chi connectivity index (χ4v) is 6.10. The number of carboxylic acids is 1. The van der Waals surface area contributed by atoms with Gasteiger partial charge in [0.25, 0.3) is 0 Å². The molecule has 2 aliphatic heterocycles. The molecule has 3 aromatic rings. The lowest BCUT2D eigenvalue weighted by Crippen LogP contribution is -2.35. The third kappa shape index (κ3) is 6.62. The topological polar surface area (TPSA) is 97.3 Å². The summed E-state index contributed by atoms with van der Waals surface area (Å²) >= 11 is 0. The first-order chi connectivity index (χ1) is 20.7. The van der Waals surface area contributed by atoms with Crippen molar-refractivity contribution in [1.82, 2.24) is 4.90 Å². The Morgan fingerprint density at radius 3 is 2.28 bits per heavy atom. The number of carbonyl (C=O) groups is 2. The maximum Gasteiger partial charge on any atom is 0.309 e. The summed E-state index contributed by atoms with van der Waals surface area (Å²) < 4.78 is 31.1. The Balaban J connectivity index is 1.47. The van der Waals surface area contributed by atoms with Gasteiger partial charge in [-0.3, -0.25) is 14.5 Å². The predicted octanol–water partition coefficient (Wildman–Crippen LogP) is 6.19. The number of aryl methyl sites for hydroxylation is 2. The monoisotopic (exact) mass is 590 g/mol. The van der Waals surface area contributed by atoms with Gasteiger partial charge >= 0.3 is 5.97 Å². The molecule has 3 atom stereocenters. The van der Waals surface area contributed by atoms with Gasteiger partial charge in [-0.15, -0.1) is 0 Å². The van der Waals surface area contributed by atoms with Crippen LogP contribution in [0, 0.1) is 17.7 Å². The van der Waals surface area contributed by atoms with Crippen molar-refractivity contribution in [3.05, 3.63) is 82.7 Å². The molecule has 0 aliphatic carbocycles. The predicted molar refractivity (Wildman–Crippen MR) is 161 cm³/mol. The van der Waals surface area contributed by atoms with Crippen LogP contribution < -0.4 is 19.5 Å². The molecule has 1 fully saturated rings. The number of fused-ring (bicyclic) bond motifs is 1. The molecular weight excluding hydrogens is 551 g/mol. The van der Waals surface area contributed by atoms with E-state index in [0.29, 0.717) is 54.8 Å². The molecule has 2 aliphatic rings. The van der Waals surface area contributed by atoms with Crippen LogP contribution in [0.3, 0.4) is 0 Å². The molecule has 2 N–H and O–H groups in total. The van der Waals surface area contributed by atoms with E-state index in [9.17, 15) is 19.1 Å². The fraction of sp³-hybridized carbons (Fsp3) is 0.412. The molecule has 43 heavy (non-hydrogen) atoms. The molecule has 0 aromatic heterocycles. The summed E-state index contributed by atoms with van der Waals surface area (Å²) in [6.07, 6.45) is 1.12. The molecule has 8 nitrogen and oxygen atoms in total. The molecule has 0 spiro atoms. The standard InChI is InChI=1S/C34H39FN2O6/c1-5-21-13-25(35)14-22(6-2)32(21)36-30(38)17-37-16-27(24-9-12-28-29(15-24)43-19-42-28)31(34(39)40)33(37)23-7-10-26(11-8-23)41-18-20(3)4/h7-15,20,27,31,33H,5-6,16-19H2,1-4H3,(H,36,38)(H,39,40)/t27-,31?,33+/m1/s1. The Morgan fingerprint density at radius 1 is 1.00 bits per heavy atom. The second-order valence-corrected chi connectivity index (χ2v) is 11.6. The average Bonchev–Trinajstić information content (AvgIpc) is 3.61. The van der Waals surface area contributed by atoms with E-state index in [-0.39, 0.29) is 25.1 Å². The number of hydrogen-bond acceptors (Lipinski definition) is 6. The molecule has 3 aromatic carbocycles. The highest BCUT2D eigenvalue weighted by Gasteiger charge is 2.48. The van der Waals surface area contributed by atoms with Gasteiger partial charge in [-0.25, -0.2) is 4.39 Å². The van der Waals surface area contributed by atoms with E-state index in [1.165, 1.54) is 12.1 Å². The fourth-order valence-electron chi connectivity index (χ4n) is 6.10. The maximum absolute atomic E-state index is 14.2. The Kier molecular flexibility index (Phi) is 9.20. The molecule has 1 saturated heterocycles. The van der Waals surface area contributed by atoms with Crippen molar-refractivity contribution in [2.45, 2.75) is 52.5 Å². The number of likely N-dealkylation sites (tertiary alicyclic amines) is 1. The molecule has 0 radical (unpaired) electrons. The van der Waals surface area contributed by atoms with E-state index in [2.05, 4.69) is 19.2 Å². The number of halogens is 1. The molecule has 1 unspecified atom stereocenters. The number of benzene rings is 3. The number of carbonyl (C=O) groups excluding carboxylic acids is 1. The molecule has 0 bridgehead atoms. The van der Waals surface area contributed by atoms with Crippen molar-refractivity contribution in [2.75, 3.05) is 31.8 Å². The van der Waals surface area contributed by atoms with Gasteiger partial charge < -0.3 is 24.6 Å². The molecule has 2 heterocycles. The van der Waals surface area contributed by atoms with Crippen LogP contribution >= 0.6 is 0 Å². The van der Waals surface area contributed by atoms with Crippen molar-refractivity contribution in [1.29, 1.82) is 0 Å². The molecule has 5 rings (SSSR count). The van der Waals surface area contributed by atoms with Crippen molar-refractivity contribution in [2.24, 2.45) is 11.8 Å². The van der Waals surface area contributed by atoms with Gasteiger partial charge in [0.1, 0.15) is 11.6 Å². The normalized spacial score (nSPS) is 19.5. The van der Waals surface area contributed by atoms with Crippen LogP contribution in [0.4, 0.5) is 10.1 Å². The minimum absolute atomic E-state index is 0.0369. The highest BCUT2D eigenvalue weighted by atomic mass is 19.1. The van der Waals surface area contributed by atoms with Gasteiger partial charge in [0, 0.05) is 24.2 Å². The summed E-state index contributed by atoms with van der Waals surface area (Å²) in [6.45, 7) is 8.97. The quantitative estimate of drug-likeness (QED) is 0.275. The first kappa shape index (κ1) is 30.4. The first-order valence-electron chi connectivity index (χ1n) is 14.9. The SMILES string of the molecule is CCc1cc(F)cc(CC)c1NC(=O)CN1C[C@H](c2ccc3c(c2)OCO3)C(C(=O)O)[C@@H]1c1ccc(OCC(C)C)cc1. The number of anilines is 1.